The molecule has 1 rings (SSSR count). The molecule has 0 aromatic heterocycles. The van der Waals surface area contributed by atoms with Gasteiger partial charge in [0.05, 0.1) is 13.2 Å². The zero-order chi connectivity index (χ0) is 23.4. The molecule has 1 saturated carbocycles. The minimum absolute atomic E-state index is 0.000660. The third-order valence-corrected chi connectivity index (χ3v) is 5.60. The molecule has 1 aliphatic carbocycles. The first-order valence-corrected chi connectivity index (χ1v) is 10.1. The van der Waals surface area contributed by atoms with Gasteiger partial charge >= 0.3 is 32.8 Å². The monoisotopic (exact) mass is 504 g/mol. The highest BCUT2D eigenvalue weighted by molar-refractivity contribution is 7.95. The molecular formula is C12H16F8O8S2. The zero-order valence-electron chi connectivity index (χ0n) is 14.6. The van der Waals surface area contributed by atoms with Gasteiger partial charge in [-0.1, -0.05) is 5.04 Å². The number of alkyl halides is 8. The van der Waals surface area contributed by atoms with Gasteiger partial charge in [0.2, 0.25) is 0 Å². The van der Waals surface area contributed by atoms with E-state index in [0.29, 0.717) is 0 Å². The lowest BCUT2D eigenvalue weighted by atomic mass is 9.83. The lowest BCUT2D eigenvalue weighted by molar-refractivity contribution is -0.435. The Morgan fingerprint density at radius 3 is 1.60 bits per heavy atom. The second-order valence-electron chi connectivity index (χ2n) is 6.28. The molecule has 0 aromatic rings. The maximum Gasteiger partial charge on any atom is 0.459 e. The number of halogens is 8. The van der Waals surface area contributed by atoms with Crippen LogP contribution in [0.25, 0.3) is 0 Å². The lowest BCUT2D eigenvalue weighted by Gasteiger charge is -2.31. The summed E-state index contributed by atoms with van der Waals surface area (Å²) in [6, 6.07) is 0. The molecule has 0 spiro atoms. The number of hydrogen-bond acceptors (Lipinski definition) is 8. The summed E-state index contributed by atoms with van der Waals surface area (Å²) in [6.45, 7) is -1.90. The molecule has 0 radical (unpaired) electrons. The van der Waals surface area contributed by atoms with Crippen molar-refractivity contribution in [2.45, 2.75) is 48.4 Å². The average Bonchev–Trinajstić information content (AvgIpc) is 2.62. The summed E-state index contributed by atoms with van der Waals surface area (Å²) in [7, 11) is -6.45. The first-order chi connectivity index (χ1) is 13.5. The van der Waals surface area contributed by atoms with Crippen molar-refractivity contribution >= 4 is 22.2 Å². The van der Waals surface area contributed by atoms with E-state index < -0.39 is 69.9 Å². The van der Waals surface area contributed by atoms with Crippen molar-refractivity contribution in [2.75, 3.05) is 13.2 Å². The van der Waals surface area contributed by atoms with Crippen molar-refractivity contribution in [1.82, 2.24) is 0 Å². The minimum atomic E-state index is -6.45. The molecule has 0 aromatic carbocycles. The maximum atomic E-state index is 13.4. The van der Waals surface area contributed by atoms with Crippen molar-refractivity contribution in [3.05, 3.63) is 0 Å². The number of ether oxygens (including phenoxy) is 2. The standard InChI is InChI=1S/C12H16F8O8S2/c13-9(14,11(17,18)29-28-27-21)25-5-7-1-3-8(4-2-7)6-26-10(15,16)12(19,20)30(22,23)24/h7-8,21H,1-6H2,(H,22,23,24). The Kier molecular flexibility index (Phi) is 9.15. The summed E-state index contributed by atoms with van der Waals surface area (Å²) in [5, 5.41) is -0.281. The molecule has 180 valence electrons. The molecular weight excluding hydrogens is 488 g/mol. The van der Waals surface area contributed by atoms with E-state index in [2.05, 4.69) is 18.8 Å². The fraction of sp³-hybridized carbons (Fsp3) is 1.00. The molecule has 0 amide bonds. The van der Waals surface area contributed by atoms with Crippen LogP contribution in [0, 0.1) is 11.8 Å². The number of hydrogen-bond donors (Lipinski definition) is 2. The second-order valence-corrected chi connectivity index (χ2v) is 8.56. The molecule has 0 unspecified atom stereocenters. The molecule has 2 N–H and O–H groups in total. The van der Waals surface area contributed by atoms with Crippen LogP contribution < -0.4 is 0 Å². The number of rotatable bonds is 12. The molecule has 30 heavy (non-hydrogen) atoms. The van der Waals surface area contributed by atoms with Gasteiger partial charge in [0.1, 0.15) is 12.0 Å². The lowest BCUT2D eigenvalue weighted by Crippen LogP contribution is -2.49. The molecule has 8 nitrogen and oxygen atoms in total. The Balaban J connectivity index is 2.49. The summed E-state index contributed by atoms with van der Waals surface area (Å²) >= 11 is -1.20. The van der Waals surface area contributed by atoms with Crippen molar-refractivity contribution in [2.24, 2.45) is 11.8 Å². The highest BCUT2D eigenvalue weighted by Gasteiger charge is 2.67. The van der Waals surface area contributed by atoms with Gasteiger partial charge in [0.15, 0.2) is 0 Å². The van der Waals surface area contributed by atoms with E-state index in [9.17, 15) is 43.5 Å². The quantitative estimate of drug-likeness (QED) is 0.133. The van der Waals surface area contributed by atoms with E-state index in [-0.39, 0.29) is 25.7 Å². The van der Waals surface area contributed by atoms with Crippen molar-refractivity contribution < 1.29 is 72.2 Å². The Labute approximate surface area is 168 Å². The summed E-state index contributed by atoms with van der Waals surface area (Å²) in [4.78, 5) is 0. The Morgan fingerprint density at radius 2 is 1.23 bits per heavy atom. The zero-order valence-corrected chi connectivity index (χ0v) is 16.2. The third kappa shape index (κ3) is 6.75. The molecule has 1 fully saturated rings. The first-order valence-electron chi connectivity index (χ1n) is 7.89. The summed E-state index contributed by atoms with van der Waals surface area (Å²) in [5.41, 5.74) is 0. The highest BCUT2D eigenvalue weighted by atomic mass is 32.2. The van der Waals surface area contributed by atoms with Gasteiger partial charge in [-0.25, -0.2) is 5.26 Å². The van der Waals surface area contributed by atoms with E-state index >= 15 is 0 Å². The smallest absolute Gasteiger partial charge is 0.315 e. The van der Waals surface area contributed by atoms with Crippen LogP contribution in [0.5, 0.6) is 0 Å². The molecule has 0 saturated heterocycles. The predicted molar refractivity (Wildman–Crippen MR) is 81.1 cm³/mol. The van der Waals surface area contributed by atoms with Crippen LogP contribution in [0.1, 0.15) is 25.7 Å². The van der Waals surface area contributed by atoms with Crippen LogP contribution in [-0.4, -0.2) is 54.2 Å². The SMILES string of the molecule is O=S(=O)(O)C(F)(F)C(F)(F)OCC1CCC(COC(F)(F)C(F)(F)SOOO)CC1. The van der Waals surface area contributed by atoms with E-state index in [1.54, 1.807) is 0 Å². The second kappa shape index (κ2) is 9.97. The molecule has 0 aliphatic heterocycles. The van der Waals surface area contributed by atoms with Crippen LogP contribution in [-0.2, 0) is 29.0 Å². The van der Waals surface area contributed by atoms with Gasteiger partial charge in [-0.05, 0) is 37.5 Å². The first kappa shape index (κ1) is 27.5. The molecule has 18 heteroatoms. The predicted octanol–water partition coefficient (Wildman–Crippen LogP) is 4.15. The normalized spacial score (nSPS) is 22.3. The molecule has 0 bridgehead atoms. The molecule has 1 aliphatic rings. The van der Waals surface area contributed by atoms with Gasteiger partial charge in [-0.3, -0.25) is 4.55 Å². The van der Waals surface area contributed by atoms with E-state index in [4.69, 9.17) is 9.81 Å². The van der Waals surface area contributed by atoms with Gasteiger partial charge in [-0.2, -0.15) is 43.5 Å². The van der Waals surface area contributed by atoms with Crippen molar-refractivity contribution in [3.8, 4) is 0 Å². The van der Waals surface area contributed by atoms with Gasteiger partial charge in [0.25, 0.3) is 0 Å². The Hall–Kier alpha value is -0.500. The fourth-order valence-electron chi connectivity index (χ4n) is 2.43. The maximum absolute atomic E-state index is 13.4. The van der Waals surface area contributed by atoms with Crippen LogP contribution in [0.15, 0.2) is 0 Å². The van der Waals surface area contributed by atoms with Crippen LogP contribution in [0.2, 0.25) is 0 Å². The largest absolute Gasteiger partial charge is 0.459 e. The van der Waals surface area contributed by atoms with Gasteiger partial charge in [-0.15, -0.1) is 4.33 Å². The molecule has 0 atom stereocenters. The minimum Gasteiger partial charge on any atom is -0.315 e. The Morgan fingerprint density at radius 1 is 0.833 bits per heavy atom. The summed E-state index contributed by atoms with van der Waals surface area (Å²) in [6.07, 6.45) is -10.6. The van der Waals surface area contributed by atoms with Gasteiger partial charge < -0.3 is 9.47 Å². The van der Waals surface area contributed by atoms with Crippen LogP contribution in [0.3, 0.4) is 0 Å². The van der Waals surface area contributed by atoms with Crippen LogP contribution in [0.4, 0.5) is 35.1 Å². The average molecular weight is 504 g/mol. The van der Waals surface area contributed by atoms with E-state index in [0.717, 1.165) is 0 Å². The molecule has 0 heterocycles. The third-order valence-electron chi connectivity index (χ3n) is 4.14. The van der Waals surface area contributed by atoms with E-state index in [1.165, 1.54) is 0 Å². The summed E-state index contributed by atoms with van der Waals surface area (Å²) in [5.74, 6) is -1.50. The van der Waals surface area contributed by atoms with E-state index in [1.807, 2.05) is 0 Å². The van der Waals surface area contributed by atoms with Crippen molar-refractivity contribution in [3.63, 3.8) is 0 Å². The Bertz CT molecular complexity index is 655. The highest BCUT2D eigenvalue weighted by Crippen LogP contribution is 2.45. The van der Waals surface area contributed by atoms with Crippen LogP contribution >= 0.6 is 12.0 Å². The summed E-state index contributed by atoms with van der Waals surface area (Å²) < 4.78 is 145. The van der Waals surface area contributed by atoms with Gasteiger partial charge in [0, 0.05) is 0 Å². The fourth-order valence-corrected chi connectivity index (χ4v) is 3.07. The van der Waals surface area contributed by atoms with Crippen molar-refractivity contribution in [1.29, 1.82) is 0 Å². The topological polar surface area (TPSA) is 112 Å².